The molecule has 0 aliphatic rings. The Morgan fingerprint density at radius 1 is 1.29 bits per heavy atom. The largest absolute Gasteiger partial charge is 0.381 e. The maximum absolute atomic E-state index is 13.1. The number of hydrogen-bond donors (Lipinski definition) is 2. The molecule has 0 spiro atoms. The van der Waals surface area contributed by atoms with Crippen LogP contribution in [0.3, 0.4) is 0 Å². The van der Waals surface area contributed by atoms with Crippen LogP contribution in [0.5, 0.6) is 0 Å². The summed E-state index contributed by atoms with van der Waals surface area (Å²) in [4.78, 5) is 11.7. The second kappa shape index (κ2) is 6.59. The Balaban J connectivity index is 2.16. The normalized spacial score (nSPS) is 10.3. The second-order valence-electron chi connectivity index (χ2n) is 4.66. The topological polar surface area (TPSA) is 41.1 Å². The van der Waals surface area contributed by atoms with E-state index in [1.807, 2.05) is 19.1 Å². The van der Waals surface area contributed by atoms with Gasteiger partial charge in [0, 0.05) is 24.8 Å². The number of carbonyl (C=O) groups excluding carboxylic acids is 1. The van der Waals surface area contributed by atoms with E-state index in [1.165, 1.54) is 6.07 Å². The van der Waals surface area contributed by atoms with Gasteiger partial charge in [-0.15, -0.1) is 0 Å². The van der Waals surface area contributed by atoms with Gasteiger partial charge in [-0.3, -0.25) is 4.79 Å². The van der Waals surface area contributed by atoms with Gasteiger partial charge in [-0.1, -0.05) is 23.7 Å². The Bertz CT molecular complexity index is 673. The quantitative estimate of drug-likeness (QED) is 0.903. The molecule has 0 atom stereocenters. The van der Waals surface area contributed by atoms with Gasteiger partial charge in [-0.25, -0.2) is 4.39 Å². The smallest absolute Gasteiger partial charge is 0.251 e. The molecule has 0 radical (unpaired) electrons. The highest BCUT2D eigenvalue weighted by Crippen LogP contribution is 2.21. The third-order valence-electron chi connectivity index (χ3n) is 3.27. The second-order valence-corrected chi connectivity index (χ2v) is 5.07. The van der Waals surface area contributed by atoms with Crippen molar-refractivity contribution >= 4 is 23.2 Å². The number of carbonyl (C=O) groups is 1. The minimum absolute atomic E-state index is 0.102. The molecule has 1 amide bonds. The van der Waals surface area contributed by atoms with E-state index in [0.29, 0.717) is 12.1 Å². The molecule has 2 aromatic carbocycles. The van der Waals surface area contributed by atoms with Crippen molar-refractivity contribution in [3.05, 3.63) is 63.9 Å². The lowest BCUT2D eigenvalue weighted by molar-refractivity contribution is 0.0962. The number of amides is 1. The molecule has 2 aromatic rings. The lowest BCUT2D eigenvalue weighted by atomic mass is 10.1. The maximum atomic E-state index is 13.1. The van der Waals surface area contributed by atoms with E-state index >= 15 is 0 Å². The zero-order chi connectivity index (χ0) is 15.4. The number of benzene rings is 2. The van der Waals surface area contributed by atoms with Gasteiger partial charge in [-0.2, -0.15) is 0 Å². The highest BCUT2D eigenvalue weighted by Gasteiger charge is 2.10. The minimum Gasteiger partial charge on any atom is -0.381 e. The zero-order valence-electron chi connectivity index (χ0n) is 11.8. The number of hydrogen-bond acceptors (Lipinski definition) is 2. The molecule has 0 aliphatic heterocycles. The van der Waals surface area contributed by atoms with E-state index in [9.17, 15) is 9.18 Å². The van der Waals surface area contributed by atoms with Crippen molar-refractivity contribution < 1.29 is 9.18 Å². The number of rotatable bonds is 4. The molecule has 110 valence electrons. The first-order valence-electron chi connectivity index (χ1n) is 6.52. The molecule has 0 heterocycles. The van der Waals surface area contributed by atoms with Gasteiger partial charge < -0.3 is 10.6 Å². The van der Waals surface area contributed by atoms with Crippen LogP contribution >= 0.6 is 11.6 Å². The molecule has 0 unspecified atom stereocenters. The summed E-state index contributed by atoms with van der Waals surface area (Å²) in [6.07, 6.45) is 0. The van der Waals surface area contributed by atoms with Crippen molar-refractivity contribution in [2.45, 2.75) is 13.5 Å². The summed E-state index contributed by atoms with van der Waals surface area (Å²) in [7, 11) is 1.60. The molecule has 0 aliphatic carbocycles. The van der Waals surface area contributed by atoms with Crippen LogP contribution in [0.25, 0.3) is 0 Å². The van der Waals surface area contributed by atoms with Crippen molar-refractivity contribution in [2.75, 3.05) is 12.4 Å². The van der Waals surface area contributed by atoms with Crippen LogP contribution in [0.1, 0.15) is 21.5 Å². The predicted molar refractivity (Wildman–Crippen MR) is 83.3 cm³/mol. The van der Waals surface area contributed by atoms with Crippen LogP contribution in [0.4, 0.5) is 10.1 Å². The molecular formula is C16H16ClFN2O. The highest BCUT2D eigenvalue weighted by atomic mass is 35.5. The SMILES string of the molecule is CNC(=O)c1cccc(NCc2ccc(F)c(Cl)c2)c1C. The minimum atomic E-state index is -0.432. The summed E-state index contributed by atoms with van der Waals surface area (Å²) in [6.45, 7) is 2.38. The molecule has 2 N–H and O–H groups in total. The molecule has 21 heavy (non-hydrogen) atoms. The van der Waals surface area contributed by atoms with Crippen molar-refractivity contribution in [3.63, 3.8) is 0 Å². The summed E-state index contributed by atoms with van der Waals surface area (Å²) in [6, 6.07) is 10.1. The van der Waals surface area contributed by atoms with Crippen molar-refractivity contribution in [1.82, 2.24) is 5.32 Å². The fourth-order valence-corrected chi connectivity index (χ4v) is 2.26. The van der Waals surface area contributed by atoms with Gasteiger partial charge in [0.1, 0.15) is 5.82 Å². The summed E-state index contributed by atoms with van der Waals surface area (Å²) < 4.78 is 13.1. The lowest BCUT2D eigenvalue weighted by Crippen LogP contribution is -2.19. The van der Waals surface area contributed by atoms with E-state index in [4.69, 9.17) is 11.6 Å². The van der Waals surface area contributed by atoms with Gasteiger partial charge in [0.05, 0.1) is 5.02 Å². The highest BCUT2D eigenvalue weighted by molar-refractivity contribution is 6.30. The van der Waals surface area contributed by atoms with E-state index in [1.54, 1.807) is 25.2 Å². The Labute approximate surface area is 128 Å². The molecule has 0 saturated heterocycles. The van der Waals surface area contributed by atoms with Gasteiger partial charge in [0.15, 0.2) is 0 Å². The monoisotopic (exact) mass is 306 g/mol. The molecule has 5 heteroatoms. The lowest BCUT2D eigenvalue weighted by Gasteiger charge is -2.13. The van der Waals surface area contributed by atoms with Crippen LogP contribution < -0.4 is 10.6 Å². The molecule has 0 fully saturated rings. The summed E-state index contributed by atoms with van der Waals surface area (Å²) in [5.74, 6) is -0.556. The molecule has 0 bridgehead atoms. The fourth-order valence-electron chi connectivity index (χ4n) is 2.05. The first-order chi connectivity index (χ1) is 10.0. The summed E-state index contributed by atoms with van der Waals surface area (Å²) in [5.41, 5.74) is 3.22. The summed E-state index contributed by atoms with van der Waals surface area (Å²) >= 11 is 5.76. The molecule has 2 rings (SSSR count). The average molecular weight is 307 g/mol. The maximum Gasteiger partial charge on any atom is 0.251 e. The Hall–Kier alpha value is -2.07. The molecule has 0 saturated carbocycles. The Morgan fingerprint density at radius 2 is 2.05 bits per heavy atom. The van der Waals surface area contributed by atoms with Crippen LogP contribution in [0, 0.1) is 12.7 Å². The van der Waals surface area contributed by atoms with Crippen LogP contribution in [-0.2, 0) is 6.54 Å². The van der Waals surface area contributed by atoms with Crippen LogP contribution in [0.15, 0.2) is 36.4 Å². The molecule has 3 nitrogen and oxygen atoms in total. The van der Waals surface area contributed by atoms with Gasteiger partial charge >= 0.3 is 0 Å². The van der Waals surface area contributed by atoms with Crippen molar-refractivity contribution in [2.24, 2.45) is 0 Å². The van der Waals surface area contributed by atoms with Gasteiger partial charge in [-0.05, 0) is 42.3 Å². The standard InChI is InChI=1S/C16H16ClFN2O/c1-10-12(16(21)19-2)4-3-5-15(10)20-9-11-6-7-14(18)13(17)8-11/h3-8,20H,9H2,1-2H3,(H,19,21). The first kappa shape index (κ1) is 15.3. The zero-order valence-corrected chi connectivity index (χ0v) is 12.6. The third-order valence-corrected chi connectivity index (χ3v) is 3.56. The number of nitrogens with one attached hydrogen (secondary N) is 2. The van der Waals surface area contributed by atoms with E-state index in [-0.39, 0.29) is 10.9 Å². The van der Waals surface area contributed by atoms with Gasteiger partial charge in [0.2, 0.25) is 0 Å². The third kappa shape index (κ3) is 3.52. The molecular weight excluding hydrogens is 291 g/mol. The number of anilines is 1. The predicted octanol–water partition coefficient (Wildman–Crippen LogP) is 3.76. The van der Waals surface area contributed by atoms with Crippen molar-refractivity contribution in [1.29, 1.82) is 0 Å². The first-order valence-corrected chi connectivity index (χ1v) is 6.90. The fraction of sp³-hybridized carbons (Fsp3) is 0.188. The Morgan fingerprint density at radius 3 is 2.71 bits per heavy atom. The molecule has 0 aromatic heterocycles. The summed E-state index contributed by atoms with van der Waals surface area (Å²) in [5, 5.41) is 5.95. The van der Waals surface area contributed by atoms with Crippen LogP contribution in [-0.4, -0.2) is 13.0 Å². The van der Waals surface area contributed by atoms with Crippen molar-refractivity contribution in [3.8, 4) is 0 Å². The van der Waals surface area contributed by atoms with E-state index < -0.39 is 5.82 Å². The van der Waals surface area contributed by atoms with Gasteiger partial charge in [0.25, 0.3) is 5.91 Å². The Kier molecular flexibility index (Phi) is 4.81. The van der Waals surface area contributed by atoms with E-state index in [0.717, 1.165) is 16.8 Å². The average Bonchev–Trinajstić information content (AvgIpc) is 2.49. The number of halogens is 2. The van der Waals surface area contributed by atoms with E-state index in [2.05, 4.69) is 10.6 Å². The van der Waals surface area contributed by atoms with Crippen LogP contribution in [0.2, 0.25) is 5.02 Å².